The summed E-state index contributed by atoms with van der Waals surface area (Å²) in [4.78, 5) is 14.6. The van der Waals surface area contributed by atoms with Crippen LogP contribution in [0.1, 0.15) is 10.8 Å². The first-order valence-electron chi connectivity index (χ1n) is 8.30. The molecule has 1 aliphatic heterocycles. The first-order valence-corrected chi connectivity index (χ1v) is 9.80. The van der Waals surface area contributed by atoms with Gasteiger partial charge in [0.25, 0.3) is 10.1 Å². The molecule has 7 nitrogen and oxygen atoms in total. The van der Waals surface area contributed by atoms with Gasteiger partial charge in [-0.1, -0.05) is 12.1 Å². The molecule has 0 aliphatic carbocycles. The molecule has 0 aromatic heterocycles. The normalized spacial score (nSPS) is 16.0. The average Bonchev–Trinajstić information content (AvgIpc) is 2.62. The van der Waals surface area contributed by atoms with Crippen molar-refractivity contribution in [3.63, 3.8) is 0 Å². The number of amides is 1. The molecule has 2 aromatic rings. The van der Waals surface area contributed by atoms with Crippen molar-refractivity contribution in [1.82, 2.24) is 0 Å². The molecule has 2 aromatic carbocycles. The molecule has 0 bridgehead atoms. The van der Waals surface area contributed by atoms with E-state index >= 15 is 0 Å². The van der Waals surface area contributed by atoms with Crippen molar-refractivity contribution in [3.05, 3.63) is 59.9 Å². The number of carbonyl (C=O) groups excluding carboxylic acids is 1. The SMILES string of the molecule is O=C(Nc1ccc(N2CCOCC2)cc1)C(c1cccc(F)c1)S(=O)(=O)O. The monoisotopic (exact) mass is 394 g/mol. The molecule has 1 amide bonds. The molecule has 1 fully saturated rings. The summed E-state index contributed by atoms with van der Waals surface area (Å²) >= 11 is 0. The number of rotatable bonds is 5. The zero-order valence-corrected chi connectivity index (χ0v) is 15.2. The van der Waals surface area contributed by atoms with Crippen LogP contribution in [0.3, 0.4) is 0 Å². The Bertz CT molecular complexity index is 912. The molecule has 1 heterocycles. The van der Waals surface area contributed by atoms with E-state index in [1.165, 1.54) is 12.1 Å². The van der Waals surface area contributed by atoms with Gasteiger partial charge in [0.15, 0.2) is 5.25 Å². The van der Waals surface area contributed by atoms with E-state index < -0.39 is 27.1 Å². The van der Waals surface area contributed by atoms with Gasteiger partial charge < -0.3 is 15.0 Å². The number of anilines is 2. The maximum Gasteiger partial charge on any atom is 0.281 e. The number of halogens is 1. The smallest absolute Gasteiger partial charge is 0.281 e. The van der Waals surface area contributed by atoms with Crippen molar-refractivity contribution in [2.75, 3.05) is 36.5 Å². The second-order valence-corrected chi connectivity index (χ2v) is 7.59. The Balaban J connectivity index is 1.77. The Morgan fingerprint density at radius 2 is 1.81 bits per heavy atom. The lowest BCUT2D eigenvalue weighted by molar-refractivity contribution is -0.116. The Morgan fingerprint density at radius 1 is 1.15 bits per heavy atom. The minimum atomic E-state index is -4.78. The molecule has 0 spiro atoms. The molecule has 1 saturated heterocycles. The predicted molar refractivity (Wildman–Crippen MR) is 98.8 cm³/mol. The van der Waals surface area contributed by atoms with Gasteiger partial charge in [0, 0.05) is 24.5 Å². The van der Waals surface area contributed by atoms with Crippen LogP contribution in [-0.4, -0.2) is 45.2 Å². The maximum atomic E-state index is 13.4. The van der Waals surface area contributed by atoms with Crippen LogP contribution in [-0.2, 0) is 19.6 Å². The van der Waals surface area contributed by atoms with E-state index in [0.717, 1.165) is 30.9 Å². The third-order valence-corrected chi connectivity index (χ3v) is 5.28. The summed E-state index contributed by atoms with van der Waals surface area (Å²) in [5.41, 5.74) is 1.16. The maximum absolute atomic E-state index is 13.4. The Morgan fingerprint density at radius 3 is 2.41 bits per heavy atom. The number of nitrogens with one attached hydrogen (secondary N) is 1. The minimum Gasteiger partial charge on any atom is -0.378 e. The average molecular weight is 394 g/mol. The number of ether oxygens (including phenoxy) is 1. The molecule has 9 heteroatoms. The van der Waals surface area contributed by atoms with Gasteiger partial charge >= 0.3 is 0 Å². The number of hydrogen-bond acceptors (Lipinski definition) is 5. The quantitative estimate of drug-likeness (QED) is 0.755. The summed E-state index contributed by atoms with van der Waals surface area (Å²) in [7, 11) is -4.78. The third-order valence-electron chi connectivity index (χ3n) is 4.20. The van der Waals surface area contributed by atoms with Crippen molar-refractivity contribution in [2.24, 2.45) is 0 Å². The zero-order chi connectivity index (χ0) is 19.4. The standard InChI is InChI=1S/C18H19FN2O5S/c19-14-3-1-2-13(12-14)17(27(23,24)25)18(22)20-15-4-6-16(7-5-15)21-8-10-26-11-9-21/h1-7,12,17H,8-11H2,(H,20,22)(H,23,24,25). The molecule has 1 aliphatic rings. The molecule has 1 unspecified atom stereocenters. The van der Waals surface area contributed by atoms with Crippen molar-refractivity contribution in [3.8, 4) is 0 Å². The Kier molecular flexibility index (Phi) is 5.73. The van der Waals surface area contributed by atoms with Gasteiger partial charge in [0.1, 0.15) is 5.82 Å². The fourth-order valence-electron chi connectivity index (χ4n) is 2.91. The van der Waals surface area contributed by atoms with Crippen molar-refractivity contribution in [1.29, 1.82) is 0 Å². The molecular formula is C18H19FN2O5S. The lowest BCUT2D eigenvalue weighted by Gasteiger charge is -2.29. The molecular weight excluding hydrogens is 375 g/mol. The van der Waals surface area contributed by atoms with Crippen molar-refractivity contribution >= 4 is 27.4 Å². The van der Waals surface area contributed by atoms with Crippen molar-refractivity contribution < 1.29 is 26.9 Å². The van der Waals surface area contributed by atoms with E-state index in [9.17, 15) is 22.2 Å². The highest BCUT2D eigenvalue weighted by Crippen LogP contribution is 2.25. The van der Waals surface area contributed by atoms with E-state index in [4.69, 9.17) is 4.74 Å². The molecule has 3 rings (SSSR count). The summed E-state index contributed by atoms with van der Waals surface area (Å²) in [6.45, 7) is 2.80. The summed E-state index contributed by atoms with van der Waals surface area (Å²) in [5, 5.41) is 0.529. The fourth-order valence-corrected chi connectivity index (χ4v) is 3.73. The van der Waals surface area contributed by atoms with Gasteiger partial charge in [-0.2, -0.15) is 8.42 Å². The van der Waals surface area contributed by atoms with Crippen LogP contribution in [0.25, 0.3) is 0 Å². The first kappa shape index (κ1) is 19.3. The van der Waals surface area contributed by atoms with Gasteiger partial charge in [-0.05, 0) is 42.0 Å². The van der Waals surface area contributed by atoms with E-state index in [-0.39, 0.29) is 5.56 Å². The topological polar surface area (TPSA) is 95.9 Å². The predicted octanol–water partition coefficient (Wildman–Crippen LogP) is 2.23. The second kappa shape index (κ2) is 8.03. The number of hydrogen-bond donors (Lipinski definition) is 2. The highest BCUT2D eigenvalue weighted by atomic mass is 32.2. The Hall–Kier alpha value is -2.49. The van der Waals surface area contributed by atoms with Gasteiger partial charge in [-0.25, -0.2) is 4.39 Å². The summed E-state index contributed by atoms with van der Waals surface area (Å²) in [5.74, 6) is -1.67. The molecule has 0 saturated carbocycles. The largest absolute Gasteiger partial charge is 0.378 e. The number of carbonyl (C=O) groups is 1. The highest BCUT2D eigenvalue weighted by molar-refractivity contribution is 7.86. The minimum absolute atomic E-state index is 0.153. The van der Waals surface area contributed by atoms with Gasteiger partial charge in [0.05, 0.1) is 13.2 Å². The van der Waals surface area contributed by atoms with Crippen LogP contribution in [0.2, 0.25) is 0 Å². The third kappa shape index (κ3) is 4.82. The second-order valence-electron chi connectivity index (χ2n) is 6.09. The van der Waals surface area contributed by atoms with Gasteiger partial charge in [-0.15, -0.1) is 0 Å². The Labute approximate surface area is 156 Å². The van der Waals surface area contributed by atoms with E-state index in [1.54, 1.807) is 24.3 Å². The summed E-state index contributed by atoms with van der Waals surface area (Å²) in [6, 6.07) is 11.4. The summed E-state index contributed by atoms with van der Waals surface area (Å²) < 4.78 is 51.5. The number of nitrogens with zero attached hydrogens (tertiary/aromatic N) is 1. The zero-order valence-electron chi connectivity index (χ0n) is 14.3. The molecule has 0 radical (unpaired) electrons. The lowest BCUT2D eigenvalue weighted by atomic mass is 10.1. The van der Waals surface area contributed by atoms with Gasteiger partial charge in [0.2, 0.25) is 5.91 Å². The summed E-state index contributed by atoms with van der Waals surface area (Å²) in [6.07, 6.45) is 0. The van der Waals surface area contributed by atoms with Crippen LogP contribution in [0.5, 0.6) is 0 Å². The number of morpholine rings is 1. The van der Waals surface area contributed by atoms with Gasteiger partial charge in [-0.3, -0.25) is 9.35 Å². The lowest BCUT2D eigenvalue weighted by Crippen LogP contribution is -2.36. The van der Waals surface area contributed by atoms with E-state index in [2.05, 4.69) is 10.2 Å². The molecule has 27 heavy (non-hydrogen) atoms. The van der Waals surface area contributed by atoms with Crippen LogP contribution >= 0.6 is 0 Å². The van der Waals surface area contributed by atoms with Crippen LogP contribution in [0.4, 0.5) is 15.8 Å². The molecule has 2 N–H and O–H groups in total. The fraction of sp³-hybridized carbons (Fsp3) is 0.278. The van der Waals surface area contributed by atoms with Crippen LogP contribution < -0.4 is 10.2 Å². The van der Waals surface area contributed by atoms with Crippen LogP contribution in [0.15, 0.2) is 48.5 Å². The first-order chi connectivity index (χ1) is 12.8. The number of benzene rings is 2. The highest BCUT2D eigenvalue weighted by Gasteiger charge is 2.33. The van der Waals surface area contributed by atoms with Crippen LogP contribution in [0, 0.1) is 5.82 Å². The van der Waals surface area contributed by atoms with E-state index in [0.29, 0.717) is 18.9 Å². The van der Waals surface area contributed by atoms with Crippen molar-refractivity contribution in [2.45, 2.75) is 5.25 Å². The molecule has 1 atom stereocenters. The van der Waals surface area contributed by atoms with E-state index in [1.807, 2.05) is 0 Å². The molecule has 144 valence electrons.